The highest BCUT2D eigenvalue weighted by Crippen LogP contribution is 2.14. The summed E-state index contributed by atoms with van der Waals surface area (Å²) in [6.07, 6.45) is 0.669. The van der Waals surface area contributed by atoms with E-state index in [4.69, 9.17) is 16.7 Å². The average molecular weight is 218 g/mol. The summed E-state index contributed by atoms with van der Waals surface area (Å²) in [6, 6.07) is 4.47. The van der Waals surface area contributed by atoms with Gasteiger partial charge >= 0.3 is 0 Å². The van der Waals surface area contributed by atoms with Crippen LogP contribution in [0.1, 0.15) is 12.0 Å². The van der Waals surface area contributed by atoms with E-state index in [1.165, 1.54) is 12.1 Å². The van der Waals surface area contributed by atoms with Gasteiger partial charge in [0.15, 0.2) is 0 Å². The Kier molecular flexibility index (Phi) is 4.87. The van der Waals surface area contributed by atoms with Gasteiger partial charge in [-0.05, 0) is 31.2 Å². The molecule has 14 heavy (non-hydrogen) atoms. The Balaban J connectivity index is 2.45. The van der Waals surface area contributed by atoms with Gasteiger partial charge in [0.1, 0.15) is 5.82 Å². The van der Waals surface area contributed by atoms with E-state index in [9.17, 15) is 4.39 Å². The summed E-state index contributed by atoms with van der Waals surface area (Å²) >= 11 is 5.72. The van der Waals surface area contributed by atoms with Crippen molar-refractivity contribution in [1.29, 1.82) is 0 Å². The van der Waals surface area contributed by atoms with Gasteiger partial charge in [-0.1, -0.05) is 11.6 Å². The Hall–Kier alpha value is -0.640. The molecule has 0 aliphatic carbocycles. The molecule has 0 amide bonds. The second-order valence-corrected chi connectivity index (χ2v) is 3.43. The third kappa shape index (κ3) is 3.62. The first kappa shape index (κ1) is 11.4. The largest absolute Gasteiger partial charge is 0.396 e. The predicted molar refractivity (Wildman–Crippen MR) is 54.8 cm³/mol. The van der Waals surface area contributed by atoms with Crippen LogP contribution in [0.15, 0.2) is 18.2 Å². The van der Waals surface area contributed by atoms with E-state index in [1.807, 2.05) is 0 Å². The van der Waals surface area contributed by atoms with E-state index in [0.29, 0.717) is 30.1 Å². The summed E-state index contributed by atoms with van der Waals surface area (Å²) in [5, 5.41) is 12.1. The van der Waals surface area contributed by atoms with Crippen LogP contribution in [0.4, 0.5) is 4.39 Å². The molecule has 0 fully saturated rings. The predicted octanol–water partition coefficient (Wildman–Crippen LogP) is 1.95. The van der Waals surface area contributed by atoms with Crippen molar-refractivity contribution in [1.82, 2.24) is 5.32 Å². The lowest BCUT2D eigenvalue weighted by Gasteiger charge is -2.05. The van der Waals surface area contributed by atoms with Crippen LogP contribution in [0.3, 0.4) is 0 Å². The number of rotatable bonds is 5. The summed E-state index contributed by atoms with van der Waals surface area (Å²) in [4.78, 5) is 0. The molecular formula is C10H13ClFNO. The van der Waals surface area contributed by atoms with Gasteiger partial charge in [0, 0.05) is 23.7 Å². The maximum Gasteiger partial charge on any atom is 0.127 e. The summed E-state index contributed by atoms with van der Waals surface area (Å²) in [5.74, 6) is -0.258. The maximum absolute atomic E-state index is 13.1. The summed E-state index contributed by atoms with van der Waals surface area (Å²) in [7, 11) is 0. The first-order chi connectivity index (χ1) is 6.74. The summed E-state index contributed by atoms with van der Waals surface area (Å²) < 4.78 is 13.1. The third-order valence-corrected chi connectivity index (χ3v) is 2.07. The van der Waals surface area contributed by atoms with E-state index < -0.39 is 0 Å². The zero-order chi connectivity index (χ0) is 10.4. The molecule has 1 aromatic rings. The van der Waals surface area contributed by atoms with Crippen molar-refractivity contribution in [2.45, 2.75) is 13.0 Å². The molecule has 0 atom stereocenters. The molecule has 0 saturated carbocycles. The number of halogens is 2. The Labute approximate surface area is 87.7 Å². The summed E-state index contributed by atoms with van der Waals surface area (Å²) in [6.45, 7) is 1.25. The van der Waals surface area contributed by atoms with Crippen LogP contribution in [-0.2, 0) is 6.54 Å². The van der Waals surface area contributed by atoms with Gasteiger partial charge in [0.2, 0.25) is 0 Å². The quantitative estimate of drug-likeness (QED) is 0.739. The molecule has 0 radical (unpaired) electrons. The number of hydrogen-bond acceptors (Lipinski definition) is 2. The summed E-state index contributed by atoms with van der Waals surface area (Å²) in [5.41, 5.74) is 0.551. The van der Waals surface area contributed by atoms with Crippen LogP contribution in [0, 0.1) is 5.82 Å². The molecule has 4 heteroatoms. The van der Waals surface area contributed by atoms with Crippen LogP contribution >= 0.6 is 11.6 Å². The molecule has 0 spiro atoms. The van der Waals surface area contributed by atoms with Crippen molar-refractivity contribution in [3.8, 4) is 0 Å². The molecule has 0 aromatic heterocycles. The second kappa shape index (κ2) is 5.96. The molecule has 1 aromatic carbocycles. The van der Waals surface area contributed by atoms with Gasteiger partial charge in [0.05, 0.1) is 0 Å². The monoisotopic (exact) mass is 217 g/mol. The fraction of sp³-hybridized carbons (Fsp3) is 0.400. The van der Waals surface area contributed by atoms with Crippen molar-refractivity contribution in [3.63, 3.8) is 0 Å². The van der Waals surface area contributed by atoms with Crippen LogP contribution in [0.5, 0.6) is 0 Å². The van der Waals surface area contributed by atoms with Crippen molar-refractivity contribution >= 4 is 11.6 Å². The van der Waals surface area contributed by atoms with Crippen LogP contribution in [-0.4, -0.2) is 18.3 Å². The highest BCUT2D eigenvalue weighted by Gasteiger charge is 2.01. The van der Waals surface area contributed by atoms with Gasteiger partial charge in [-0.3, -0.25) is 0 Å². The molecular weight excluding hydrogens is 205 g/mol. The van der Waals surface area contributed by atoms with Gasteiger partial charge in [-0.15, -0.1) is 0 Å². The highest BCUT2D eigenvalue weighted by atomic mass is 35.5. The Bertz CT molecular complexity index is 293. The Morgan fingerprint density at radius 3 is 2.93 bits per heavy atom. The van der Waals surface area contributed by atoms with Crippen LogP contribution < -0.4 is 5.32 Å². The van der Waals surface area contributed by atoms with E-state index in [2.05, 4.69) is 5.32 Å². The van der Waals surface area contributed by atoms with Gasteiger partial charge < -0.3 is 10.4 Å². The first-order valence-corrected chi connectivity index (χ1v) is 4.87. The fourth-order valence-electron chi connectivity index (χ4n) is 1.11. The molecule has 2 nitrogen and oxygen atoms in total. The minimum absolute atomic E-state index is 0.144. The molecule has 0 aliphatic rings. The zero-order valence-corrected chi connectivity index (χ0v) is 8.52. The van der Waals surface area contributed by atoms with E-state index in [-0.39, 0.29) is 12.4 Å². The molecule has 0 heterocycles. The normalized spacial score (nSPS) is 10.5. The molecule has 1 rings (SSSR count). The third-order valence-electron chi connectivity index (χ3n) is 1.83. The fourth-order valence-corrected chi connectivity index (χ4v) is 1.30. The van der Waals surface area contributed by atoms with Crippen LogP contribution in [0.2, 0.25) is 5.02 Å². The van der Waals surface area contributed by atoms with Gasteiger partial charge in [0.25, 0.3) is 0 Å². The maximum atomic E-state index is 13.1. The smallest absolute Gasteiger partial charge is 0.127 e. The number of aliphatic hydroxyl groups excluding tert-OH is 1. The Morgan fingerprint density at radius 2 is 2.21 bits per heavy atom. The lowest BCUT2D eigenvalue weighted by atomic mass is 10.2. The lowest BCUT2D eigenvalue weighted by molar-refractivity contribution is 0.286. The first-order valence-electron chi connectivity index (χ1n) is 4.49. The number of aliphatic hydroxyl groups is 1. The number of benzene rings is 1. The standard InChI is InChI=1S/C10H13ClFNO/c11-9-2-3-10(12)8(6-9)7-13-4-1-5-14/h2-3,6,13-14H,1,4-5,7H2. The minimum atomic E-state index is -0.258. The van der Waals surface area contributed by atoms with E-state index in [1.54, 1.807) is 6.07 Å². The van der Waals surface area contributed by atoms with E-state index in [0.717, 1.165) is 0 Å². The van der Waals surface area contributed by atoms with Gasteiger partial charge in [-0.2, -0.15) is 0 Å². The molecule has 0 aliphatic heterocycles. The van der Waals surface area contributed by atoms with E-state index >= 15 is 0 Å². The number of hydrogen-bond donors (Lipinski definition) is 2. The molecule has 2 N–H and O–H groups in total. The molecule has 0 bridgehead atoms. The van der Waals surface area contributed by atoms with Crippen LogP contribution in [0.25, 0.3) is 0 Å². The molecule has 0 saturated heterocycles. The molecule has 78 valence electrons. The minimum Gasteiger partial charge on any atom is -0.396 e. The van der Waals surface area contributed by atoms with Crippen molar-refractivity contribution < 1.29 is 9.50 Å². The SMILES string of the molecule is OCCCNCc1cc(Cl)ccc1F. The van der Waals surface area contributed by atoms with Gasteiger partial charge in [-0.25, -0.2) is 4.39 Å². The average Bonchev–Trinajstić information content (AvgIpc) is 2.18. The van der Waals surface area contributed by atoms with Crippen molar-refractivity contribution in [2.75, 3.05) is 13.2 Å². The Morgan fingerprint density at radius 1 is 1.43 bits per heavy atom. The second-order valence-electron chi connectivity index (χ2n) is 2.99. The number of nitrogens with one attached hydrogen (secondary N) is 1. The lowest BCUT2D eigenvalue weighted by Crippen LogP contribution is -2.16. The molecule has 0 unspecified atom stereocenters. The van der Waals surface area contributed by atoms with Crippen molar-refractivity contribution in [3.05, 3.63) is 34.6 Å². The zero-order valence-electron chi connectivity index (χ0n) is 7.76. The van der Waals surface area contributed by atoms with Crippen molar-refractivity contribution in [2.24, 2.45) is 0 Å². The highest BCUT2D eigenvalue weighted by molar-refractivity contribution is 6.30. The topological polar surface area (TPSA) is 32.3 Å².